The average Bonchev–Trinajstić information content (AvgIpc) is 2.11. The van der Waals surface area contributed by atoms with Crippen molar-refractivity contribution in [2.45, 2.75) is 162 Å². The third kappa shape index (κ3) is 7.75. The van der Waals surface area contributed by atoms with E-state index in [2.05, 4.69) is 240 Å². The smallest absolute Gasteiger partial charge is 0.252 e. The first-order chi connectivity index (χ1) is 37.9. The van der Waals surface area contributed by atoms with Gasteiger partial charge in [0.1, 0.15) is 11.2 Å². The van der Waals surface area contributed by atoms with Crippen molar-refractivity contribution >= 4 is 96.2 Å². The van der Waals surface area contributed by atoms with Crippen molar-refractivity contribution in [3.63, 3.8) is 0 Å². The van der Waals surface area contributed by atoms with Crippen molar-refractivity contribution in [1.29, 1.82) is 0 Å². The number of furan rings is 1. The van der Waals surface area contributed by atoms with E-state index in [1.807, 2.05) is 24.3 Å². The Morgan fingerprint density at radius 2 is 1.01 bits per heavy atom. The predicted octanol–water partition coefficient (Wildman–Crippen LogP) is 18.7. The molecule has 4 nitrogen and oxygen atoms in total. The number of aryl methyl sites for hydroxylation is 2. The van der Waals surface area contributed by atoms with Crippen molar-refractivity contribution in [2.75, 3.05) is 14.7 Å². The normalized spacial score (nSPS) is 18.1. The number of hydrogen-bond acceptors (Lipinski definition) is 4. The van der Waals surface area contributed by atoms with Crippen LogP contribution in [0.15, 0.2) is 150 Å². The summed E-state index contributed by atoms with van der Waals surface area (Å²) in [6.07, 6.45) is 3.22. The number of fused-ring (bicyclic) bond motifs is 9. The van der Waals surface area contributed by atoms with Crippen molar-refractivity contribution in [3.05, 3.63) is 190 Å². The highest BCUT2D eigenvalue weighted by Crippen LogP contribution is 2.55. The molecule has 3 heterocycles. The zero-order valence-corrected chi connectivity index (χ0v) is 48.8. The molecule has 0 saturated heterocycles. The van der Waals surface area contributed by atoms with Crippen LogP contribution in [0.3, 0.4) is 0 Å². The Labute approximate surface area is 469 Å². The van der Waals surface area contributed by atoms with Crippen LogP contribution < -0.4 is 31.1 Å². The average molecular weight is 1030 g/mol. The van der Waals surface area contributed by atoms with E-state index < -0.39 is 6.85 Å². The maximum absolute atomic E-state index is 9.35. The Morgan fingerprint density at radius 1 is 0.487 bits per heavy atom. The van der Waals surface area contributed by atoms with Gasteiger partial charge in [0, 0.05) is 72.1 Å². The Balaban J connectivity index is 1.14. The van der Waals surface area contributed by atoms with Gasteiger partial charge in [-0.05, 0) is 205 Å². The molecule has 0 spiro atoms. The summed E-state index contributed by atoms with van der Waals surface area (Å²) < 4.78 is 34.8. The van der Waals surface area contributed by atoms with Gasteiger partial charge < -0.3 is 19.1 Å². The summed E-state index contributed by atoms with van der Waals surface area (Å²) in [4.78, 5) is 7.23. The minimum Gasteiger partial charge on any atom is -0.456 e. The van der Waals surface area contributed by atoms with Crippen molar-refractivity contribution in [1.82, 2.24) is 0 Å². The first-order valence-electron chi connectivity index (χ1n) is 30.1. The third-order valence-electron chi connectivity index (χ3n) is 18.8. The molecule has 1 aromatic heterocycles. The van der Waals surface area contributed by atoms with E-state index in [1.54, 1.807) is 0 Å². The van der Waals surface area contributed by atoms with E-state index in [4.69, 9.17) is 4.42 Å². The van der Waals surface area contributed by atoms with Gasteiger partial charge in [-0.15, -0.1) is 0 Å². The van der Waals surface area contributed by atoms with Gasteiger partial charge in [-0.25, -0.2) is 0 Å². The summed E-state index contributed by atoms with van der Waals surface area (Å²) >= 11 is 0. The second-order valence-corrected chi connectivity index (χ2v) is 28.3. The highest BCUT2D eigenvalue weighted by atomic mass is 16.3. The topological polar surface area (TPSA) is 22.9 Å². The summed E-state index contributed by atoms with van der Waals surface area (Å²) in [7, 11) is 0. The number of anilines is 9. The molecule has 0 unspecified atom stereocenters. The number of para-hydroxylation sites is 1. The molecular weight excluding hydrogens is 946 g/mol. The molecule has 0 radical (unpaired) electrons. The van der Waals surface area contributed by atoms with Crippen LogP contribution in [0, 0.1) is 13.8 Å². The van der Waals surface area contributed by atoms with Gasteiger partial charge in [0.25, 0.3) is 6.71 Å². The number of benzene rings is 8. The molecule has 0 bridgehead atoms. The van der Waals surface area contributed by atoms with Crippen LogP contribution in [0.1, 0.15) is 165 Å². The molecule has 394 valence electrons. The Bertz CT molecular complexity index is 4010. The van der Waals surface area contributed by atoms with E-state index in [9.17, 15) is 4.11 Å². The summed E-state index contributed by atoms with van der Waals surface area (Å²) in [6.45, 7) is 32.4. The van der Waals surface area contributed by atoms with Crippen LogP contribution in [-0.2, 0) is 32.5 Å². The van der Waals surface area contributed by atoms with Crippen molar-refractivity contribution in [3.8, 4) is 0 Å². The summed E-state index contributed by atoms with van der Waals surface area (Å²) in [6, 6.07) is 54.0. The van der Waals surface area contributed by atoms with E-state index in [0.717, 1.165) is 103 Å². The molecule has 0 atom stereocenters. The first kappa shape index (κ1) is 47.1. The van der Waals surface area contributed by atoms with Crippen LogP contribution >= 0.6 is 0 Å². The molecule has 2 aliphatic heterocycles. The number of nitrogens with zero attached hydrogens (tertiary/aromatic N) is 3. The molecule has 4 aliphatic rings. The van der Waals surface area contributed by atoms with E-state index in [1.165, 1.54) is 44.4 Å². The lowest BCUT2D eigenvalue weighted by atomic mass is 9.33. The van der Waals surface area contributed by atoms with E-state index in [0.29, 0.717) is 5.56 Å². The van der Waals surface area contributed by atoms with Gasteiger partial charge in [0.05, 0.1) is 0 Å². The fourth-order valence-corrected chi connectivity index (χ4v) is 14.6. The molecule has 78 heavy (non-hydrogen) atoms. The molecule has 0 amide bonds. The second-order valence-electron chi connectivity index (χ2n) is 28.3. The standard InChI is InChI=1S/C73H78BN3O/c1-44-35-63-67-64(36-44)77(60-41-56-54(37-45(60)2)70(9,10)33-34-71(56,11)12)62-42-57-55(72(13,14)43-73(57,15)16)40-59(62)74(67)58-32-30-50(38-61(58)76(63)51-29-31-53-52-19-17-18-20-65(52)78-66(53)39-51)75(48-25-21-46(22-26-48)68(3,4)5)49-27-23-47(24-28-49)69(6,7)8/h17-32,35-42H,33-34,43H2,1-16H3/i1D3. The van der Waals surface area contributed by atoms with Crippen LogP contribution in [-0.4, -0.2) is 6.71 Å². The zero-order chi connectivity index (χ0) is 57.5. The van der Waals surface area contributed by atoms with Crippen LogP contribution in [0.4, 0.5) is 51.2 Å². The lowest BCUT2D eigenvalue weighted by molar-refractivity contribution is 0.332. The van der Waals surface area contributed by atoms with Gasteiger partial charge >= 0.3 is 0 Å². The van der Waals surface area contributed by atoms with Crippen LogP contribution in [0.2, 0.25) is 0 Å². The Kier molecular flexibility index (Phi) is 10.1. The number of rotatable bonds is 5. The fraction of sp³-hybridized carbons (Fsp3) is 0.342. The van der Waals surface area contributed by atoms with Crippen molar-refractivity contribution < 1.29 is 8.53 Å². The van der Waals surface area contributed by atoms with E-state index in [-0.39, 0.29) is 39.2 Å². The highest BCUT2D eigenvalue weighted by Gasteiger charge is 2.49. The molecule has 2 aliphatic carbocycles. The quantitative estimate of drug-likeness (QED) is 0.160. The SMILES string of the molecule is [2H]C([2H])([2H])c1cc2c3c(c1)N(c1cc4c(cc1C)C(C)(C)CCC4(C)C)c1cc4c(cc1B3c1ccc(N(c3ccc(C(C)(C)C)cc3)c3ccc(C(C)(C)C)cc3)cc1N2c1ccc2c(c1)oc1ccccc12)C(C)(C)CC4(C)C. The summed E-state index contributed by atoms with van der Waals surface area (Å²) in [5, 5.41) is 2.10. The maximum atomic E-state index is 9.35. The minimum atomic E-state index is -2.43. The second kappa shape index (κ2) is 16.8. The van der Waals surface area contributed by atoms with Crippen LogP contribution in [0.5, 0.6) is 0 Å². The predicted molar refractivity (Wildman–Crippen MR) is 335 cm³/mol. The third-order valence-corrected chi connectivity index (χ3v) is 18.8. The monoisotopic (exact) mass is 1030 g/mol. The molecule has 5 heteroatoms. The molecule has 0 N–H and O–H groups in total. The maximum Gasteiger partial charge on any atom is 0.252 e. The minimum absolute atomic E-state index is 0.0150. The summed E-state index contributed by atoms with van der Waals surface area (Å²) in [5.41, 5.74) is 23.4. The molecule has 8 aromatic carbocycles. The van der Waals surface area contributed by atoms with Gasteiger partial charge in [0.2, 0.25) is 0 Å². The first-order valence-corrected chi connectivity index (χ1v) is 28.6. The lowest BCUT2D eigenvalue weighted by Crippen LogP contribution is -2.61. The Morgan fingerprint density at radius 3 is 1.63 bits per heavy atom. The molecule has 0 fully saturated rings. The van der Waals surface area contributed by atoms with E-state index >= 15 is 0 Å². The molecular formula is C73H78BN3O. The van der Waals surface area contributed by atoms with Crippen molar-refractivity contribution in [2.24, 2.45) is 0 Å². The summed E-state index contributed by atoms with van der Waals surface area (Å²) in [5.74, 6) is 0. The van der Waals surface area contributed by atoms with Crippen LogP contribution in [0.25, 0.3) is 21.9 Å². The molecule has 9 aromatic rings. The zero-order valence-electron chi connectivity index (χ0n) is 51.8. The van der Waals surface area contributed by atoms with Gasteiger partial charge in [0.15, 0.2) is 0 Å². The highest BCUT2D eigenvalue weighted by molar-refractivity contribution is 7.00. The number of hydrogen-bond donors (Lipinski definition) is 0. The van der Waals surface area contributed by atoms with Gasteiger partial charge in [-0.1, -0.05) is 158 Å². The Hall–Kier alpha value is -6.98. The molecule has 13 rings (SSSR count). The lowest BCUT2D eigenvalue weighted by Gasteiger charge is -2.46. The fourth-order valence-electron chi connectivity index (χ4n) is 14.6. The molecule has 0 saturated carbocycles. The van der Waals surface area contributed by atoms with Gasteiger partial charge in [-0.2, -0.15) is 0 Å². The largest absolute Gasteiger partial charge is 0.456 e. The van der Waals surface area contributed by atoms with Gasteiger partial charge in [-0.3, -0.25) is 0 Å².